The number of hydrogen-bond acceptors (Lipinski definition) is 2. The molecule has 2 heteroatoms. The maximum Gasteiger partial charge on any atom is 0.0867 e. The summed E-state index contributed by atoms with van der Waals surface area (Å²) in [7, 11) is 0. The summed E-state index contributed by atoms with van der Waals surface area (Å²) < 4.78 is 0. The van der Waals surface area contributed by atoms with Gasteiger partial charge in [-0.15, -0.1) is 0 Å². The Morgan fingerprint density at radius 2 is 2.08 bits per heavy atom. The van der Waals surface area contributed by atoms with Gasteiger partial charge >= 0.3 is 0 Å². The minimum Gasteiger partial charge on any atom is -0.411 e. The van der Waals surface area contributed by atoms with Gasteiger partial charge in [-0.25, -0.2) is 0 Å². The van der Waals surface area contributed by atoms with Crippen molar-refractivity contribution in [1.82, 2.24) is 0 Å². The van der Waals surface area contributed by atoms with Gasteiger partial charge in [-0.2, -0.15) is 0 Å². The molecule has 0 radical (unpaired) electrons. The fourth-order valence-corrected chi connectivity index (χ4v) is 1.98. The van der Waals surface area contributed by atoms with Crippen LogP contribution in [0.2, 0.25) is 0 Å². The Morgan fingerprint density at radius 3 is 2.92 bits per heavy atom. The highest BCUT2D eigenvalue weighted by atomic mass is 16.4. The van der Waals surface area contributed by atoms with E-state index >= 15 is 0 Å². The van der Waals surface area contributed by atoms with E-state index in [4.69, 9.17) is 5.21 Å². The first-order valence-electron chi connectivity index (χ1n) is 4.51. The number of allylic oxidation sites excluding steroid dienone is 4. The Bertz CT molecular complexity index is 274. The van der Waals surface area contributed by atoms with Crippen LogP contribution in [0.5, 0.6) is 0 Å². The fraction of sp³-hybridized carbons (Fsp3) is 0.500. The molecule has 2 nitrogen and oxygen atoms in total. The average molecular weight is 163 g/mol. The van der Waals surface area contributed by atoms with Gasteiger partial charge in [0, 0.05) is 6.42 Å². The maximum atomic E-state index is 8.75. The van der Waals surface area contributed by atoms with Crippen molar-refractivity contribution in [2.45, 2.75) is 32.1 Å². The van der Waals surface area contributed by atoms with Crippen molar-refractivity contribution in [3.8, 4) is 0 Å². The largest absolute Gasteiger partial charge is 0.411 e. The predicted octanol–water partition coefficient (Wildman–Crippen LogP) is 2.65. The van der Waals surface area contributed by atoms with E-state index in [2.05, 4.69) is 17.3 Å². The van der Waals surface area contributed by atoms with Gasteiger partial charge in [0.15, 0.2) is 0 Å². The SMILES string of the molecule is ON=C1CC=CC2=C1CCCC2. The molecule has 2 rings (SSSR count). The Hall–Kier alpha value is -1.05. The molecule has 0 bridgehead atoms. The third-order valence-corrected chi connectivity index (χ3v) is 2.61. The summed E-state index contributed by atoms with van der Waals surface area (Å²) >= 11 is 0. The van der Waals surface area contributed by atoms with Crippen molar-refractivity contribution < 1.29 is 5.21 Å². The highest BCUT2D eigenvalue weighted by molar-refractivity contribution is 6.02. The second-order valence-electron chi connectivity index (χ2n) is 3.36. The summed E-state index contributed by atoms with van der Waals surface area (Å²) in [6.07, 6.45) is 9.84. The molecule has 1 N–H and O–H groups in total. The van der Waals surface area contributed by atoms with Crippen LogP contribution >= 0.6 is 0 Å². The number of oxime groups is 1. The zero-order valence-corrected chi connectivity index (χ0v) is 7.08. The third-order valence-electron chi connectivity index (χ3n) is 2.61. The molecule has 0 aromatic rings. The van der Waals surface area contributed by atoms with Crippen molar-refractivity contribution in [2.24, 2.45) is 5.16 Å². The Balaban J connectivity index is 2.36. The third kappa shape index (κ3) is 1.17. The standard InChI is InChI=1S/C10H13NO/c12-11-10-7-3-5-8-4-1-2-6-9(8)10/h3,5,12H,1-2,4,6-7H2. The van der Waals surface area contributed by atoms with E-state index < -0.39 is 0 Å². The lowest BCUT2D eigenvalue weighted by Gasteiger charge is -2.21. The lowest BCUT2D eigenvalue weighted by atomic mass is 9.85. The second-order valence-corrected chi connectivity index (χ2v) is 3.36. The van der Waals surface area contributed by atoms with Crippen molar-refractivity contribution in [3.05, 3.63) is 23.3 Å². The Labute approximate surface area is 72.3 Å². The molecule has 0 fully saturated rings. The zero-order valence-electron chi connectivity index (χ0n) is 7.08. The highest BCUT2D eigenvalue weighted by Gasteiger charge is 2.18. The molecule has 12 heavy (non-hydrogen) atoms. The molecule has 0 heterocycles. The van der Waals surface area contributed by atoms with E-state index in [0.29, 0.717) is 0 Å². The summed E-state index contributed by atoms with van der Waals surface area (Å²) in [5.74, 6) is 0. The lowest BCUT2D eigenvalue weighted by Crippen LogP contribution is -2.11. The summed E-state index contributed by atoms with van der Waals surface area (Å²) in [5, 5.41) is 12.1. The minimum atomic E-state index is 0.801. The fourth-order valence-electron chi connectivity index (χ4n) is 1.98. The highest BCUT2D eigenvalue weighted by Crippen LogP contribution is 2.30. The average Bonchev–Trinajstić information content (AvgIpc) is 2.17. The van der Waals surface area contributed by atoms with E-state index in [0.717, 1.165) is 25.0 Å². The van der Waals surface area contributed by atoms with Crippen LogP contribution in [-0.2, 0) is 0 Å². The van der Waals surface area contributed by atoms with E-state index in [9.17, 15) is 0 Å². The van der Waals surface area contributed by atoms with Crippen LogP contribution in [0.3, 0.4) is 0 Å². The Morgan fingerprint density at radius 1 is 1.25 bits per heavy atom. The van der Waals surface area contributed by atoms with Crippen LogP contribution in [0, 0.1) is 0 Å². The molecule has 2 aliphatic rings. The molecule has 2 aliphatic carbocycles. The van der Waals surface area contributed by atoms with Crippen LogP contribution in [0.1, 0.15) is 32.1 Å². The van der Waals surface area contributed by atoms with Crippen LogP contribution in [-0.4, -0.2) is 10.9 Å². The summed E-state index contributed by atoms with van der Waals surface area (Å²) in [4.78, 5) is 0. The molecule has 0 saturated heterocycles. The van der Waals surface area contributed by atoms with E-state index in [1.165, 1.54) is 24.0 Å². The summed E-state index contributed by atoms with van der Waals surface area (Å²) in [6, 6.07) is 0. The predicted molar refractivity (Wildman–Crippen MR) is 48.5 cm³/mol. The number of rotatable bonds is 0. The van der Waals surface area contributed by atoms with Gasteiger partial charge in [0.2, 0.25) is 0 Å². The van der Waals surface area contributed by atoms with Gasteiger partial charge in [0.25, 0.3) is 0 Å². The lowest BCUT2D eigenvalue weighted by molar-refractivity contribution is 0.318. The molecule has 0 aromatic heterocycles. The number of nitrogens with zero attached hydrogens (tertiary/aromatic N) is 1. The molecule has 0 unspecified atom stereocenters. The topological polar surface area (TPSA) is 32.6 Å². The van der Waals surface area contributed by atoms with Crippen LogP contribution in [0.4, 0.5) is 0 Å². The van der Waals surface area contributed by atoms with E-state index in [-0.39, 0.29) is 0 Å². The molecule has 0 aromatic carbocycles. The van der Waals surface area contributed by atoms with E-state index in [1.54, 1.807) is 0 Å². The van der Waals surface area contributed by atoms with E-state index in [1.807, 2.05) is 0 Å². The van der Waals surface area contributed by atoms with Crippen molar-refractivity contribution in [3.63, 3.8) is 0 Å². The van der Waals surface area contributed by atoms with Crippen LogP contribution in [0.15, 0.2) is 28.5 Å². The minimum absolute atomic E-state index is 0.801. The smallest absolute Gasteiger partial charge is 0.0867 e. The molecule has 0 spiro atoms. The normalized spacial score (nSPS) is 26.2. The molecule has 0 saturated carbocycles. The molecule has 0 atom stereocenters. The molecular formula is C10H13NO. The summed E-state index contributed by atoms with van der Waals surface area (Å²) in [6.45, 7) is 0. The molecule has 0 aliphatic heterocycles. The van der Waals surface area contributed by atoms with Crippen molar-refractivity contribution >= 4 is 5.71 Å². The van der Waals surface area contributed by atoms with Gasteiger partial charge in [0.1, 0.15) is 0 Å². The van der Waals surface area contributed by atoms with Crippen LogP contribution < -0.4 is 0 Å². The van der Waals surface area contributed by atoms with Gasteiger partial charge in [-0.1, -0.05) is 17.3 Å². The first kappa shape index (κ1) is 7.59. The molecule has 0 amide bonds. The first-order chi connectivity index (χ1) is 5.92. The van der Waals surface area contributed by atoms with Crippen LogP contribution in [0.25, 0.3) is 0 Å². The van der Waals surface area contributed by atoms with Gasteiger partial charge in [0.05, 0.1) is 5.71 Å². The molecule has 64 valence electrons. The maximum absolute atomic E-state index is 8.75. The first-order valence-corrected chi connectivity index (χ1v) is 4.51. The zero-order chi connectivity index (χ0) is 8.39. The van der Waals surface area contributed by atoms with Gasteiger partial charge < -0.3 is 5.21 Å². The molecular weight excluding hydrogens is 150 g/mol. The van der Waals surface area contributed by atoms with Gasteiger partial charge in [-0.3, -0.25) is 0 Å². The Kier molecular flexibility index (Phi) is 1.98. The van der Waals surface area contributed by atoms with Crippen molar-refractivity contribution in [2.75, 3.05) is 0 Å². The number of hydrogen-bond donors (Lipinski definition) is 1. The van der Waals surface area contributed by atoms with Gasteiger partial charge in [-0.05, 0) is 36.8 Å². The quantitative estimate of drug-likeness (QED) is 0.432. The summed E-state index contributed by atoms with van der Waals surface area (Å²) in [5.41, 5.74) is 3.57. The van der Waals surface area contributed by atoms with Crippen molar-refractivity contribution in [1.29, 1.82) is 0 Å². The monoisotopic (exact) mass is 163 g/mol. The second kappa shape index (κ2) is 3.13.